The Kier molecular flexibility index (Phi) is 5.40. The van der Waals surface area contributed by atoms with E-state index in [1.165, 1.54) is 6.07 Å². The maximum absolute atomic E-state index is 11.9. The lowest BCUT2D eigenvalue weighted by atomic mass is 10.2. The lowest BCUT2D eigenvalue weighted by Gasteiger charge is -2.09. The third-order valence-electron chi connectivity index (χ3n) is 2.84. The third kappa shape index (κ3) is 4.87. The van der Waals surface area contributed by atoms with Crippen molar-refractivity contribution in [3.63, 3.8) is 0 Å². The lowest BCUT2D eigenvalue weighted by Crippen LogP contribution is -2.36. The maximum Gasteiger partial charge on any atom is 0.325 e. The SMILES string of the molecule is CC(C)NC(=O)COC(=O)CNC(=O)c1ccc2c(c1)OCO2. The number of hydrogen-bond acceptors (Lipinski definition) is 6. The molecule has 0 aliphatic carbocycles. The number of ether oxygens (including phenoxy) is 3. The molecule has 2 rings (SSSR count). The molecular formula is C15H18N2O6. The Morgan fingerprint density at radius 2 is 1.96 bits per heavy atom. The number of esters is 1. The number of hydrogen-bond donors (Lipinski definition) is 2. The first-order chi connectivity index (χ1) is 11.0. The highest BCUT2D eigenvalue weighted by molar-refractivity contribution is 5.96. The molecule has 0 spiro atoms. The van der Waals surface area contributed by atoms with Crippen molar-refractivity contribution in [3.8, 4) is 11.5 Å². The molecular weight excluding hydrogens is 304 g/mol. The molecule has 23 heavy (non-hydrogen) atoms. The van der Waals surface area contributed by atoms with Gasteiger partial charge in [-0.25, -0.2) is 0 Å². The summed E-state index contributed by atoms with van der Waals surface area (Å²) in [6.07, 6.45) is 0. The number of nitrogens with one attached hydrogen (secondary N) is 2. The Morgan fingerprint density at radius 3 is 2.70 bits per heavy atom. The van der Waals surface area contributed by atoms with E-state index in [9.17, 15) is 14.4 Å². The van der Waals surface area contributed by atoms with E-state index in [0.717, 1.165) is 0 Å². The first-order valence-electron chi connectivity index (χ1n) is 7.08. The van der Waals surface area contributed by atoms with Gasteiger partial charge in [0.05, 0.1) is 0 Å². The zero-order chi connectivity index (χ0) is 16.8. The summed E-state index contributed by atoms with van der Waals surface area (Å²) in [4.78, 5) is 34.8. The van der Waals surface area contributed by atoms with Gasteiger partial charge >= 0.3 is 5.97 Å². The quantitative estimate of drug-likeness (QED) is 0.726. The molecule has 0 saturated carbocycles. The van der Waals surface area contributed by atoms with E-state index < -0.39 is 17.8 Å². The smallest absolute Gasteiger partial charge is 0.325 e. The zero-order valence-corrected chi connectivity index (χ0v) is 12.9. The molecule has 2 N–H and O–H groups in total. The van der Waals surface area contributed by atoms with Crippen molar-refractivity contribution in [2.45, 2.75) is 19.9 Å². The average molecular weight is 322 g/mol. The summed E-state index contributed by atoms with van der Waals surface area (Å²) in [7, 11) is 0. The molecule has 124 valence electrons. The standard InChI is InChI=1S/C15H18N2O6/c1-9(2)17-13(18)7-21-14(19)6-16-15(20)10-3-4-11-12(5-10)23-8-22-11/h3-5,9H,6-8H2,1-2H3,(H,16,20)(H,17,18). The molecule has 0 atom stereocenters. The van der Waals surface area contributed by atoms with Gasteiger partial charge in [0.25, 0.3) is 11.8 Å². The minimum atomic E-state index is -0.696. The molecule has 2 amide bonds. The van der Waals surface area contributed by atoms with Gasteiger partial charge in [-0.15, -0.1) is 0 Å². The Balaban J connectivity index is 1.76. The summed E-state index contributed by atoms with van der Waals surface area (Å²) in [5.41, 5.74) is 0.333. The van der Waals surface area contributed by atoms with Crippen molar-refractivity contribution in [3.05, 3.63) is 23.8 Å². The van der Waals surface area contributed by atoms with Crippen molar-refractivity contribution in [1.29, 1.82) is 0 Å². The highest BCUT2D eigenvalue weighted by Crippen LogP contribution is 2.32. The van der Waals surface area contributed by atoms with Crippen LogP contribution in [0.5, 0.6) is 11.5 Å². The molecule has 0 bridgehead atoms. The summed E-state index contributed by atoms with van der Waals surface area (Å²) in [6.45, 7) is 3.00. The van der Waals surface area contributed by atoms with Crippen LogP contribution < -0.4 is 20.1 Å². The van der Waals surface area contributed by atoms with Crippen LogP contribution in [0.4, 0.5) is 0 Å². The predicted octanol–water partition coefficient (Wildman–Crippen LogP) is 0.213. The fourth-order valence-electron chi connectivity index (χ4n) is 1.85. The van der Waals surface area contributed by atoms with Gasteiger partial charge in [0.2, 0.25) is 6.79 Å². The van der Waals surface area contributed by atoms with Gasteiger partial charge in [-0.1, -0.05) is 0 Å². The molecule has 1 aromatic rings. The van der Waals surface area contributed by atoms with E-state index in [1.807, 2.05) is 0 Å². The van der Waals surface area contributed by atoms with E-state index in [1.54, 1.807) is 26.0 Å². The molecule has 1 aromatic carbocycles. The lowest BCUT2D eigenvalue weighted by molar-refractivity contribution is -0.147. The van der Waals surface area contributed by atoms with Crippen LogP contribution in [-0.4, -0.2) is 43.8 Å². The van der Waals surface area contributed by atoms with Crippen LogP contribution in [0.25, 0.3) is 0 Å². The van der Waals surface area contributed by atoms with E-state index >= 15 is 0 Å². The maximum atomic E-state index is 11.9. The van der Waals surface area contributed by atoms with Crippen molar-refractivity contribution >= 4 is 17.8 Å². The summed E-state index contributed by atoms with van der Waals surface area (Å²) in [5.74, 6) is -0.497. The van der Waals surface area contributed by atoms with Gasteiger partial charge in [0, 0.05) is 11.6 Å². The zero-order valence-electron chi connectivity index (χ0n) is 12.9. The molecule has 0 unspecified atom stereocenters. The second kappa shape index (κ2) is 7.48. The molecule has 1 heterocycles. The minimum absolute atomic E-state index is 0.0353. The van der Waals surface area contributed by atoms with Gasteiger partial charge in [-0.2, -0.15) is 0 Å². The van der Waals surface area contributed by atoms with Gasteiger partial charge in [0.15, 0.2) is 18.1 Å². The molecule has 1 aliphatic rings. The van der Waals surface area contributed by atoms with E-state index in [0.29, 0.717) is 17.1 Å². The highest BCUT2D eigenvalue weighted by Gasteiger charge is 2.17. The molecule has 1 aliphatic heterocycles. The Bertz CT molecular complexity index is 614. The van der Waals surface area contributed by atoms with Gasteiger partial charge in [-0.3, -0.25) is 14.4 Å². The number of amides is 2. The molecule has 0 radical (unpaired) electrons. The van der Waals surface area contributed by atoms with Crippen LogP contribution in [0, 0.1) is 0 Å². The van der Waals surface area contributed by atoms with E-state index in [4.69, 9.17) is 14.2 Å². The summed E-state index contributed by atoms with van der Waals surface area (Å²) < 4.78 is 15.1. The van der Waals surface area contributed by atoms with Crippen LogP contribution in [-0.2, 0) is 14.3 Å². The highest BCUT2D eigenvalue weighted by atomic mass is 16.7. The fraction of sp³-hybridized carbons (Fsp3) is 0.400. The topological polar surface area (TPSA) is 103 Å². The number of carbonyl (C=O) groups excluding carboxylic acids is 3. The van der Waals surface area contributed by atoms with Crippen LogP contribution in [0.15, 0.2) is 18.2 Å². The molecule has 0 aromatic heterocycles. The molecule has 8 nitrogen and oxygen atoms in total. The first-order valence-corrected chi connectivity index (χ1v) is 7.08. The molecule has 8 heteroatoms. The van der Waals surface area contributed by atoms with E-state index in [2.05, 4.69) is 10.6 Å². The summed E-state index contributed by atoms with van der Waals surface area (Å²) >= 11 is 0. The van der Waals surface area contributed by atoms with Crippen molar-refractivity contribution < 1.29 is 28.6 Å². The average Bonchev–Trinajstić information content (AvgIpc) is 2.97. The van der Waals surface area contributed by atoms with Gasteiger partial charge in [-0.05, 0) is 32.0 Å². The number of benzene rings is 1. The van der Waals surface area contributed by atoms with Gasteiger partial charge in [0.1, 0.15) is 6.54 Å². The van der Waals surface area contributed by atoms with E-state index in [-0.39, 0.29) is 26.0 Å². The van der Waals surface area contributed by atoms with Crippen LogP contribution in [0.3, 0.4) is 0 Å². The van der Waals surface area contributed by atoms with Gasteiger partial charge < -0.3 is 24.8 Å². The monoisotopic (exact) mass is 322 g/mol. The summed E-state index contributed by atoms with van der Waals surface area (Å²) in [5, 5.41) is 5.00. The first kappa shape index (κ1) is 16.6. The Morgan fingerprint density at radius 1 is 1.22 bits per heavy atom. The van der Waals surface area contributed by atoms with Crippen LogP contribution >= 0.6 is 0 Å². The van der Waals surface area contributed by atoms with Crippen LogP contribution in [0.1, 0.15) is 24.2 Å². The van der Waals surface area contributed by atoms with Crippen LogP contribution in [0.2, 0.25) is 0 Å². The molecule has 0 saturated heterocycles. The molecule has 0 fully saturated rings. The fourth-order valence-corrected chi connectivity index (χ4v) is 1.85. The predicted molar refractivity (Wildman–Crippen MR) is 79.1 cm³/mol. The second-order valence-electron chi connectivity index (χ2n) is 5.13. The number of fused-ring (bicyclic) bond motifs is 1. The third-order valence-corrected chi connectivity index (χ3v) is 2.84. The van der Waals surface area contributed by atoms with Crippen molar-refractivity contribution in [2.75, 3.05) is 19.9 Å². The second-order valence-corrected chi connectivity index (χ2v) is 5.13. The Hall–Kier alpha value is -2.77. The minimum Gasteiger partial charge on any atom is -0.454 e. The number of rotatable bonds is 6. The Labute approximate surface area is 133 Å². The largest absolute Gasteiger partial charge is 0.454 e. The normalized spacial score (nSPS) is 12.0. The van der Waals surface area contributed by atoms with Crippen molar-refractivity contribution in [1.82, 2.24) is 10.6 Å². The number of carbonyl (C=O) groups is 3. The van der Waals surface area contributed by atoms with Crippen molar-refractivity contribution in [2.24, 2.45) is 0 Å². The summed E-state index contributed by atoms with van der Waals surface area (Å²) in [6, 6.07) is 4.67.